The Kier molecular flexibility index (Phi) is 4.81. The third-order valence-corrected chi connectivity index (χ3v) is 4.88. The average molecular weight is 353 g/mol. The molecule has 0 saturated carbocycles. The molecule has 3 rings (SSSR count). The maximum Gasteiger partial charge on any atom is 0.267 e. The summed E-state index contributed by atoms with van der Waals surface area (Å²) in [5, 5.41) is 9.20. The van der Waals surface area contributed by atoms with Crippen LogP contribution in [0.5, 0.6) is 0 Å². The molecule has 1 aromatic carbocycles. The van der Waals surface area contributed by atoms with Crippen molar-refractivity contribution in [1.29, 1.82) is 0 Å². The number of carbonyl (C=O) groups is 1. The molecule has 0 bridgehead atoms. The van der Waals surface area contributed by atoms with Crippen molar-refractivity contribution in [2.45, 2.75) is 26.8 Å². The van der Waals surface area contributed by atoms with Crippen LogP contribution in [-0.2, 0) is 4.79 Å². The summed E-state index contributed by atoms with van der Waals surface area (Å²) in [6, 6.07) is 12.1. The molecule has 0 fully saturated rings. The van der Waals surface area contributed by atoms with Crippen molar-refractivity contribution >= 4 is 22.9 Å². The first kappa shape index (κ1) is 17.1. The number of amides is 1. The van der Waals surface area contributed by atoms with E-state index in [0.717, 1.165) is 21.7 Å². The topological polar surface area (TPSA) is 64.0 Å². The third-order valence-electron chi connectivity index (χ3n) is 3.98. The van der Waals surface area contributed by atoms with Crippen molar-refractivity contribution in [2.24, 2.45) is 0 Å². The molecule has 25 heavy (non-hydrogen) atoms. The van der Waals surface area contributed by atoms with E-state index in [1.165, 1.54) is 22.1 Å². The molecule has 1 amide bonds. The van der Waals surface area contributed by atoms with Gasteiger partial charge in [0.15, 0.2) is 0 Å². The summed E-state index contributed by atoms with van der Waals surface area (Å²) >= 11 is 1.54. The van der Waals surface area contributed by atoms with Gasteiger partial charge in [0.05, 0.1) is 4.88 Å². The van der Waals surface area contributed by atoms with E-state index in [4.69, 9.17) is 0 Å². The number of aromatic nitrogens is 2. The Morgan fingerprint density at radius 3 is 2.68 bits per heavy atom. The highest BCUT2D eigenvalue weighted by Gasteiger charge is 2.19. The molecule has 0 aliphatic rings. The van der Waals surface area contributed by atoms with Gasteiger partial charge in [0.1, 0.15) is 11.7 Å². The maximum absolute atomic E-state index is 12.6. The molecule has 0 saturated heterocycles. The van der Waals surface area contributed by atoms with Crippen molar-refractivity contribution in [2.75, 3.05) is 5.32 Å². The Hall–Kier alpha value is -2.73. The van der Waals surface area contributed by atoms with Crippen LogP contribution in [0.1, 0.15) is 24.1 Å². The van der Waals surface area contributed by atoms with Crippen LogP contribution in [0.2, 0.25) is 0 Å². The molecule has 0 radical (unpaired) electrons. The number of carbonyl (C=O) groups excluding carboxylic acids is 1. The van der Waals surface area contributed by atoms with Crippen molar-refractivity contribution in [3.8, 4) is 10.6 Å². The number of rotatable bonds is 4. The predicted molar refractivity (Wildman–Crippen MR) is 101 cm³/mol. The Balaban J connectivity index is 1.87. The van der Waals surface area contributed by atoms with Crippen LogP contribution < -0.4 is 10.9 Å². The maximum atomic E-state index is 12.6. The van der Waals surface area contributed by atoms with E-state index in [9.17, 15) is 9.59 Å². The number of nitrogens with one attached hydrogen (secondary N) is 1. The van der Waals surface area contributed by atoms with Crippen LogP contribution in [0.15, 0.2) is 52.6 Å². The summed E-state index contributed by atoms with van der Waals surface area (Å²) in [6.07, 6.45) is 0. The second-order valence-corrected chi connectivity index (χ2v) is 6.91. The lowest BCUT2D eigenvalue weighted by molar-refractivity contribution is -0.119. The average Bonchev–Trinajstić information content (AvgIpc) is 3.11. The van der Waals surface area contributed by atoms with E-state index in [1.807, 2.05) is 49.6 Å². The van der Waals surface area contributed by atoms with Gasteiger partial charge >= 0.3 is 0 Å². The molecule has 128 valence electrons. The highest BCUT2D eigenvalue weighted by Crippen LogP contribution is 2.22. The SMILES string of the molecule is Cc1ccc(NC(=O)C(C)n2nc(-c3cccs3)ccc2=O)c(C)c1. The lowest BCUT2D eigenvalue weighted by Crippen LogP contribution is -2.33. The first-order chi connectivity index (χ1) is 12.0. The van der Waals surface area contributed by atoms with Crippen molar-refractivity contribution in [1.82, 2.24) is 9.78 Å². The summed E-state index contributed by atoms with van der Waals surface area (Å²) in [6.45, 7) is 5.61. The van der Waals surface area contributed by atoms with Gasteiger partial charge in [-0.05, 0) is 49.9 Å². The Bertz CT molecular complexity index is 961. The van der Waals surface area contributed by atoms with E-state index >= 15 is 0 Å². The summed E-state index contributed by atoms with van der Waals surface area (Å²) in [7, 11) is 0. The van der Waals surface area contributed by atoms with Crippen molar-refractivity contribution < 1.29 is 4.79 Å². The minimum absolute atomic E-state index is 0.273. The predicted octanol–water partition coefficient (Wildman–Crippen LogP) is 3.79. The van der Waals surface area contributed by atoms with E-state index in [2.05, 4.69) is 10.4 Å². The van der Waals surface area contributed by atoms with Gasteiger partial charge in [0.25, 0.3) is 5.56 Å². The fourth-order valence-electron chi connectivity index (χ4n) is 2.56. The molecule has 0 aliphatic heterocycles. The Labute approximate surface area is 150 Å². The second kappa shape index (κ2) is 7.03. The van der Waals surface area contributed by atoms with Crippen LogP contribution >= 0.6 is 11.3 Å². The number of anilines is 1. The molecule has 3 aromatic rings. The van der Waals surface area contributed by atoms with Gasteiger partial charge in [-0.1, -0.05) is 23.8 Å². The fraction of sp³-hybridized carbons (Fsp3) is 0.211. The molecular weight excluding hydrogens is 334 g/mol. The molecular formula is C19H19N3O2S. The molecule has 2 heterocycles. The van der Waals surface area contributed by atoms with Gasteiger partial charge in [-0.15, -0.1) is 11.3 Å². The molecule has 1 N–H and O–H groups in total. The molecule has 1 unspecified atom stereocenters. The van der Waals surface area contributed by atoms with Crippen LogP contribution in [0.4, 0.5) is 5.69 Å². The minimum atomic E-state index is -0.715. The van der Waals surface area contributed by atoms with Gasteiger partial charge in [0, 0.05) is 11.8 Å². The number of hydrogen-bond acceptors (Lipinski definition) is 4. The van der Waals surface area contributed by atoms with Gasteiger partial charge in [-0.25, -0.2) is 4.68 Å². The van der Waals surface area contributed by atoms with E-state index in [1.54, 1.807) is 13.0 Å². The van der Waals surface area contributed by atoms with Crippen LogP contribution in [0.3, 0.4) is 0 Å². The number of nitrogens with zero attached hydrogens (tertiary/aromatic N) is 2. The zero-order valence-electron chi connectivity index (χ0n) is 14.3. The smallest absolute Gasteiger partial charge is 0.267 e. The molecule has 2 aromatic heterocycles. The number of aryl methyl sites for hydroxylation is 2. The Morgan fingerprint density at radius 2 is 2.00 bits per heavy atom. The number of benzene rings is 1. The highest BCUT2D eigenvalue weighted by molar-refractivity contribution is 7.13. The normalized spacial score (nSPS) is 12.0. The van der Waals surface area contributed by atoms with Crippen molar-refractivity contribution in [3.63, 3.8) is 0 Å². The van der Waals surface area contributed by atoms with Crippen LogP contribution in [0.25, 0.3) is 10.6 Å². The van der Waals surface area contributed by atoms with Gasteiger partial charge in [-0.2, -0.15) is 5.10 Å². The quantitative estimate of drug-likeness (QED) is 0.776. The van der Waals surface area contributed by atoms with Crippen molar-refractivity contribution in [3.05, 3.63) is 69.3 Å². The summed E-state index contributed by atoms with van der Waals surface area (Å²) in [5.41, 5.74) is 3.23. The lowest BCUT2D eigenvalue weighted by atomic mass is 10.1. The second-order valence-electron chi connectivity index (χ2n) is 5.96. The minimum Gasteiger partial charge on any atom is -0.324 e. The number of thiophene rings is 1. The highest BCUT2D eigenvalue weighted by atomic mass is 32.1. The monoisotopic (exact) mass is 353 g/mol. The zero-order chi connectivity index (χ0) is 18.0. The zero-order valence-corrected chi connectivity index (χ0v) is 15.1. The summed E-state index contributed by atoms with van der Waals surface area (Å²) in [4.78, 5) is 25.7. The molecule has 1 atom stereocenters. The van der Waals surface area contributed by atoms with Gasteiger partial charge in [0.2, 0.25) is 5.91 Å². The van der Waals surface area contributed by atoms with E-state index in [-0.39, 0.29) is 11.5 Å². The summed E-state index contributed by atoms with van der Waals surface area (Å²) < 4.78 is 1.23. The summed E-state index contributed by atoms with van der Waals surface area (Å²) in [5.74, 6) is -0.273. The van der Waals surface area contributed by atoms with Crippen LogP contribution in [0, 0.1) is 13.8 Å². The lowest BCUT2D eigenvalue weighted by Gasteiger charge is -2.16. The number of hydrogen-bond donors (Lipinski definition) is 1. The van der Waals surface area contributed by atoms with Gasteiger partial charge in [-0.3, -0.25) is 9.59 Å². The molecule has 6 heteroatoms. The standard InChI is InChI=1S/C19H19N3O2S/c1-12-6-7-15(13(2)11-12)20-19(24)14(3)22-18(23)9-8-16(21-22)17-5-4-10-25-17/h4-11,14H,1-3H3,(H,20,24). The third kappa shape index (κ3) is 3.69. The first-order valence-corrected chi connectivity index (χ1v) is 8.85. The molecule has 0 aliphatic carbocycles. The molecule has 0 spiro atoms. The fourth-order valence-corrected chi connectivity index (χ4v) is 3.25. The van der Waals surface area contributed by atoms with E-state index in [0.29, 0.717) is 5.69 Å². The Morgan fingerprint density at radius 1 is 1.20 bits per heavy atom. The molecule has 5 nitrogen and oxygen atoms in total. The largest absolute Gasteiger partial charge is 0.324 e. The first-order valence-electron chi connectivity index (χ1n) is 7.97. The van der Waals surface area contributed by atoms with Crippen LogP contribution in [-0.4, -0.2) is 15.7 Å². The van der Waals surface area contributed by atoms with Gasteiger partial charge < -0.3 is 5.32 Å². The van der Waals surface area contributed by atoms with E-state index < -0.39 is 6.04 Å².